The number of nitrogens with one attached hydrogen (secondary N) is 1. The van der Waals surface area contributed by atoms with Gasteiger partial charge in [0.15, 0.2) is 15.8 Å². The number of benzene rings is 1. The molecule has 4 aromatic rings. The molecular weight excluding hydrogens is 440 g/mol. The highest BCUT2D eigenvalue weighted by molar-refractivity contribution is 7.22. The lowest BCUT2D eigenvalue weighted by atomic mass is 10.3. The maximum absolute atomic E-state index is 12.3. The predicted molar refractivity (Wildman–Crippen MR) is 120 cm³/mol. The second-order valence-electron chi connectivity index (χ2n) is 6.66. The van der Waals surface area contributed by atoms with Crippen LogP contribution in [0.3, 0.4) is 0 Å². The van der Waals surface area contributed by atoms with E-state index in [4.69, 9.17) is 15.3 Å². The molecule has 160 valence electrons. The van der Waals surface area contributed by atoms with Crippen molar-refractivity contribution in [2.45, 2.75) is 0 Å². The number of carbonyl (C=O) groups is 1. The Kier molecular flexibility index (Phi) is 5.13. The molecule has 1 fully saturated rings. The normalized spacial score (nSPS) is 14.8. The van der Waals surface area contributed by atoms with Gasteiger partial charge in [0.25, 0.3) is 0 Å². The van der Waals surface area contributed by atoms with Crippen LogP contribution in [-0.4, -0.2) is 64.4 Å². The smallest absolute Gasteiger partial charge is 0.432 e. The Morgan fingerprint density at radius 3 is 2.81 bits per heavy atom. The first-order chi connectivity index (χ1) is 15.1. The van der Waals surface area contributed by atoms with Gasteiger partial charge in [-0.1, -0.05) is 17.4 Å². The average Bonchev–Trinajstić information content (AvgIpc) is 3.39. The maximum Gasteiger partial charge on any atom is 0.432 e. The largest absolute Gasteiger partial charge is 0.494 e. The Balaban J connectivity index is 1.21. The number of nitrogens with two attached hydrogens (primary N) is 1. The minimum absolute atomic E-state index is 0.220. The van der Waals surface area contributed by atoms with E-state index in [1.807, 2.05) is 18.2 Å². The van der Waals surface area contributed by atoms with Crippen LogP contribution in [0, 0.1) is 0 Å². The molecule has 3 aromatic heterocycles. The number of ether oxygens (including phenoxy) is 1. The molecule has 13 heteroatoms. The van der Waals surface area contributed by atoms with Gasteiger partial charge < -0.3 is 20.2 Å². The number of rotatable bonds is 4. The highest BCUT2D eigenvalue weighted by Gasteiger charge is 2.24. The molecule has 1 aliphatic rings. The molecule has 0 spiro atoms. The molecule has 3 N–H and O–H groups in total. The number of amides is 1. The van der Waals surface area contributed by atoms with Gasteiger partial charge in [-0.15, -0.1) is 16.4 Å². The van der Waals surface area contributed by atoms with Gasteiger partial charge >= 0.3 is 6.09 Å². The number of para-hydroxylation sites is 1. The molecule has 0 bridgehead atoms. The summed E-state index contributed by atoms with van der Waals surface area (Å²) < 4.78 is 6.23. The van der Waals surface area contributed by atoms with Crippen LogP contribution in [0.1, 0.15) is 0 Å². The Bertz CT molecular complexity index is 1250. The number of aromatic nitrogens is 4. The van der Waals surface area contributed by atoms with Crippen LogP contribution in [0.5, 0.6) is 5.75 Å². The van der Waals surface area contributed by atoms with Crippen molar-refractivity contribution in [2.24, 2.45) is 0 Å². The third kappa shape index (κ3) is 3.89. The number of anilines is 3. The first-order valence-corrected chi connectivity index (χ1v) is 11.1. The third-order valence-corrected chi connectivity index (χ3v) is 6.41. The zero-order chi connectivity index (χ0) is 21.4. The van der Waals surface area contributed by atoms with Crippen LogP contribution >= 0.6 is 22.7 Å². The molecule has 0 aliphatic carbocycles. The molecule has 4 heterocycles. The van der Waals surface area contributed by atoms with Gasteiger partial charge in [-0.2, -0.15) is 4.98 Å². The van der Waals surface area contributed by atoms with Crippen LogP contribution in [0.15, 0.2) is 23.7 Å². The second kappa shape index (κ2) is 8.09. The molecule has 0 atom stereocenters. The summed E-state index contributed by atoms with van der Waals surface area (Å²) in [7, 11) is 1.59. The molecule has 1 saturated heterocycles. The van der Waals surface area contributed by atoms with E-state index in [9.17, 15) is 4.79 Å². The van der Waals surface area contributed by atoms with Gasteiger partial charge in [-0.25, -0.2) is 19.7 Å². The Morgan fingerprint density at radius 2 is 2.00 bits per heavy atom. The van der Waals surface area contributed by atoms with Crippen LogP contribution in [-0.2, 0) is 4.84 Å². The van der Waals surface area contributed by atoms with Crippen molar-refractivity contribution < 1.29 is 14.4 Å². The SMILES string of the molecule is COc1cccc2sc(NC(=O)ON3CCN(c4nc(N)nc5scnc45)CC3)nc12. The van der Waals surface area contributed by atoms with E-state index in [1.165, 1.54) is 22.7 Å². The Labute approximate surface area is 184 Å². The fourth-order valence-electron chi connectivity index (χ4n) is 3.34. The standard InChI is InChI=1S/C18H18N8O3S2/c1-28-10-3-2-4-11-12(10)21-17(31-11)24-18(27)29-26-7-5-25(6-8-26)14-13-15(30-9-20-13)23-16(19)22-14/h2-4,9H,5-8H2,1H3,(H2,19,22,23)(H,21,24,27). The van der Waals surface area contributed by atoms with Crippen LogP contribution in [0.4, 0.5) is 21.7 Å². The summed E-state index contributed by atoms with van der Waals surface area (Å²) >= 11 is 2.78. The number of carbonyl (C=O) groups excluding carboxylic acids is 1. The van der Waals surface area contributed by atoms with Gasteiger partial charge in [0, 0.05) is 13.1 Å². The lowest BCUT2D eigenvalue weighted by Crippen LogP contribution is -2.47. The van der Waals surface area contributed by atoms with E-state index in [-0.39, 0.29) is 5.95 Å². The minimum atomic E-state index is -0.584. The number of methoxy groups -OCH3 is 1. The fourth-order valence-corrected chi connectivity index (χ4v) is 4.87. The molecule has 11 nitrogen and oxygen atoms in total. The summed E-state index contributed by atoms with van der Waals surface area (Å²) in [5, 5.41) is 4.75. The first kappa shape index (κ1) is 19.7. The molecule has 0 unspecified atom stereocenters. The number of piperazine rings is 1. The van der Waals surface area contributed by atoms with Crippen LogP contribution in [0.2, 0.25) is 0 Å². The molecule has 5 rings (SSSR count). The summed E-state index contributed by atoms with van der Waals surface area (Å²) in [6.45, 7) is 2.23. The van der Waals surface area contributed by atoms with Gasteiger partial charge in [0.1, 0.15) is 16.8 Å². The van der Waals surface area contributed by atoms with Crippen molar-refractivity contribution in [2.75, 3.05) is 49.2 Å². The average molecular weight is 459 g/mol. The topological polar surface area (TPSA) is 132 Å². The lowest BCUT2D eigenvalue weighted by molar-refractivity contribution is -0.0966. The number of nitrogens with zero attached hydrogens (tertiary/aromatic N) is 6. The van der Waals surface area contributed by atoms with Crippen molar-refractivity contribution >= 4 is 66.2 Å². The monoisotopic (exact) mass is 458 g/mol. The zero-order valence-electron chi connectivity index (χ0n) is 16.4. The number of nitrogen functional groups attached to an aromatic ring is 1. The van der Waals surface area contributed by atoms with E-state index in [0.717, 1.165) is 15.0 Å². The maximum atomic E-state index is 12.3. The quantitative estimate of drug-likeness (QED) is 0.470. The lowest BCUT2D eigenvalue weighted by Gasteiger charge is -2.33. The number of fused-ring (bicyclic) bond motifs is 2. The van der Waals surface area contributed by atoms with Crippen molar-refractivity contribution in [3.63, 3.8) is 0 Å². The number of thiazole rings is 2. The molecule has 0 saturated carbocycles. The Morgan fingerprint density at radius 1 is 1.16 bits per heavy atom. The highest BCUT2D eigenvalue weighted by atomic mass is 32.1. The van der Waals surface area contributed by atoms with Crippen molar-refractivity contribution in [3.05, 3.63) is 23.7 Å². The van der Waals surface area contributed by atoms with E-state index < -0.39 is 6.09 Å². The van der Waals surface area contributed by atoms with E-state index in [0.29, 0.717) is 48.4 Å². The van der Waals surface area contributed by atoms with Gasteiger partial charge in [-0.3, -0.25) is 5.32 Å². The molecule has 1 aliphatic heterocycles. The summed E-state index contributed by atoms with van der Waals surface area (Å²) in [4.78, 5) is 38.0. The fraction of sp³-hybridized carbons (Fsp3) is 0.278. The summed E-state index contributed by atoms with van der Waals surface area (Å²) in [6.07, 6.45) is -0.584. The van der Waals surface area contributed by atoms with Crippen LogP contribution < -0.4 is 20.7 Å². The molecule has 1 amide bonds. The number of hydroxylamine groups is 2. The predicted octanol–water partition coefficient (Wildman–Crippen LogP) is 2.57. The molecule has 31 heavy (non-hydrogen) atoms. The molecule has 0 radical (unpaired) electrons. The number of hydrogen-bond acceptors (Lipinski definition) is 12. The van der Waals surface area contributed by atoms with E-state index in [1.54, 1.807) is 17.7 Å². The van der Waals surface area contributed by atoms with Crippen molar-refractivity contribution in [1.82, 2.24) is 25.0 Å². The van der Waals surface area contributed by atoms with Crippen LogP contribution in [0.25, 0.3) is 20.6 Å². The van der Waals surface area contributed by atoms with E-state index in [2.05, 4.69) is 30.2 Å². The minimum Gasteiger partial charge on any atom is -0.494 e. The van der Waals surface area contributed by atoms with Crippen molar-refractivity contribution in [1.29, 1.82) is 0 Å². The van der Waals surface area contributed by atoms with Gasteiger partial charge in [0.2, 0.25) is 5.95 Å². The Hall–Kier alpha value is -3.29. The molecule has 1 aromatic carbocycles. The summed E-state index contributed by atoms with van der Waals surface area (Å²) in [6, 6.07) is 5.63. The van der Waals surface area contributed by atoms with Gasteiger partial charge in [-0.05, 0) is 12.1 Å². The third-order valence-electron chi connectivity index (χ3n) is 4.76. The molecular formula is C18H18N8O3S2. The van der Waals surface area contributed by atoms with E-state index >= 15 is 0 Å². The van der Waals surface area contributed by atoms with Gasteiger partial charge in [0.05, 0.1) is 30.4 Å². The highest BCUT2D eigenvalue weighted by Crippen LogP contribution is 2.32. The van der Waals surface area contributed by atoms with Crippen molar-refractivity contribution in [3.8, 4) is 5.75 Å². The summed E-state index contributed by atoms with van der Waals surface area (Å²) in [5.74, 6) is 1.58. The number of hydrogen-bond donors (Lipinski definition) is 2. The first-order valence-electron chi connectivity index (χ1n) is 9.40. The zero-order valence-corrected chi connectivity index (χ0v) is 18.1. The summed E-state index contributed by atoms with van der Waals surface area (Å²) in [5.41, 5.74) is 9.00. The second-order valence-corrected chi connectivity index (χ2v) is 8.52.